The molecule has 1 heterocycles. The Balaban J connectivity index is 2.39. The van der Waals surface area contributed by atoms with Crippen LogP contribution in [0.5, 0.6) is 0 Å². The van der Waals surface area contributed by atoms with Crippen LogP contribution in [0, 0.1) is 0 Å². The summed E-state index contributed by atoms with van der Waals surface area (Å²) >= 11 is 6.76. The molecular formula is C13H12ClF3N2S. The molecule has 0 saturated heterocycles. The second kappa shape index (κ2) is 6.11. The maximum Gasteiger partial charge on any atom is 0.443 e. The van der Waals surface area contributed by atoms with Gasteiger partial charge in [0.2, 0.25) is 0 Å². The predicted octanol–water partition coefficient (Wildman–Crippen LogP) is 4.51. The van der Waals surface area contributed by atoms with Crippen LogP contribution in [0.2, 0.25) is 5.02 Å². The highest BCUT2D eigenvalue weighted by atomic mass is 35.5. The van der Waals surface area contributed by atoms with Crippen molar-refractivity contribution >= 4 is 22.9 Å². The molecule has 2 nitrogen and oxygen atoms in total. The molecule has 1 N–H and O–H groups in total. The monoisotopic (exact) mass is 320 g/mol. The highest BCUT2D eigenvalue weighted by Crippen LogP contribution is 2.37. The number of thiazole rings is 1. The lowest BCUT2D eigenvalue weighted by molar-refractivity contribution is -0.137. The fraction of sp³-hybridized carbons (Fsp3) is 0.308. The molecule has 0 saturated carbocycles. The number of nitrogens with one attached hydrogen (secondary N) is 1. The van der Waals surface area contributed by atoms with Crippen molar-refractivity contribution in [3.05, 3.63) is 50.9 Å². The smallest absolute Gasteiger partial charge is 0.306 e. The number of hydrogen-bond acceptors (Lipinski definition) is 3. The Labute approximate surface area is 123 Å². The van der Waals surface area contributed by atoms with Crippen LogP contribution in [0.1, 0.15) is 28.4 Å². The van der Waals surface area contributed by atoms with Gasteiger partial charge in [0.15, 0.2) is 5.01 Å². The molecule has 0 aliphatic heterocycles. The molecule has 1 unspecified atom stereocenters. The van der Waals surface area contributed by atoms with Gasteiger partial charge < -0.3 is 5.32 Å². The minimum Gasteiger partial charge on any atom is -0.306 e. The zero-order chi connectivity index (χ0) is 14.8. The number of hydrogen-bond donors (Lipinski definition) is 1. The van der Waals surface area contributed by atoms with E-state index in [0.717, 1.165) is 5.56 Å². The molecular weight excluding hydrogens is 309 g/mol. The minimum absolute atomic E-state index is 0.387. The van der Waals surface area contributed by atoms with E-state index in [2.05, 4.69) is 10.3 Å². The van der Waals surface area contributed by atoms with Gasteiger partial charge >= 0.3 is 6.18 Å². The van der Waals surface area contributed by atoms with Crippen molar-refractivity contribution in [1.29, 1.82) is 0 Å². The van der Waals surface area contributed by atoms with E-state index in [0.29, 0.717) is 27.8 Å². The first-order valence-electron chi connectivity index (χ1n) is 5.94. The number of aromatic nitrogens is 1. The standard InChI is InChI=1S/C13H12ClF3N2S/c1-2-18-11(8-5-3-4-6-9(8)14)10-7-19-12(20-10)13(15,16)17/h3-7,11,18H,2H2,1H3. The quantitative estimate of drug-likeness (QED) is 0.896. The molecule has 0 aliphatic rings. The number of alkyl halides is 3. The molecule has 0 aliphatic carbocycles. The molecule has 1 aromatic heterocycles. The van der Waals surface area contributed by atoms with Crippen LogP contribution in [-0.2, 0) is 6.18 Å². The van der Waals surface area contributed by atoms with E-state index >= 15 is 0 Å². The van der Waals surface area contributed by atoms with E-state index < -0.39 is 11.2 Å². The van der Waals surface area contributed by atoms with Gasteiger partial charge in [0.05, 0.1) is 6.04 Å². The molecule has 1 atom stereocenters. The third kappa shape index (κ3) is 3.31. The van der Waals surface area contributed by atoms with E-state index in [1.165, 1.54) is 6.20 Å². The van der Waals surface area contributed by atoms with E-state index in [1.54, 1.807) is 24.3 Å². The lowest BCUT2D eigenvalue weighted by atomic mass is 10.1. The topological polar surface area (TPSA) is 24.9 Å². The first-order valence-corrected chi connectivity index (χ1v) is 7.13. The molecule has 108 valence electrons. The lowest BCUT2D eigenvalue weighted by Gasteiger charge is -2.17. The molecule has 0 fully saturated rings. The summed E-state index contributed by atoms with van der Waals surface area (Å²) in [5.41, 5.74) is 0.744. The van der Waals surface area contributed by atoms with Gasteiger partial charge in [0.25, 0.3) is 0 Å². The van der Waals surface area contributed by atoms with Crippen molar-refractivity contribution in [3.8, 4) is 0 Å². The second-order valence-corrected chi connectivity index (χ2v) is 5.55. The average molecular weight is 321 g/mol. The summed E-state index contributed by atoms with van der Waals surface area (Å²) in [6.45, 7) is 2.49. The lowest BCUT2D eigenvalue weighted by Crippen LogP contribution is -2.21. The van der Waals surface area contributed by atoms with Crippen molar-refractivity contribution in [3.63, 3.8) is 0 Å². The summed E-state index contributed by atoms with van der Waals surface area (Å²) in [6, 6.07) is 6.71. The van der Waals surface area contributed by atoms with E-state index in [1.807, 2.05) is 6.92 Å². The Morgan fingerprint density at radius 2 is 2.05 bits per heavy atom. The Kier molecular flexibility index (Phi) is 4.67. The van der Waals surface area contributed by atoms with Gasteiger partial charge in [-0.3, -0.25) is 0 Å². The average Bonchev–Trinajstić information content (AvgIpc) is 2.86. The summed E-state index contributed by atoms with van der Waals surface area (Å²) < 4.78 is 37.9. The van der Waals surface area contributed by atoms with Crippen LogP contribution >= 0.6 is 22.9 Å². The van der Waals surface area contributed by atoms with E-state index in [-0.39, 0.29) is 6.04 Å². The Hall–Kier alpha value is -1.11. The van der Waals surface area contributed by atoms with Crippen LogP contribution in [-0.4, -0.2) is 11.5 Å². The fourth-order valence-corrected chi connectivity index (χ4v) is 2.95. The SMILES string of the molecule is CCNC(c1cnc(C(F)(F)F)s1)c1ccccc1Cl. The second-order valence-electron chi connectivity index (χ2n) is 4.08. The van der Waals surface area contributed by atoms with Gasteiger partial charge in [-0.25, -0.2) is 4.98 Å². The van der Waals surface area contributed by atoms with Crippen molar-refractivity contribution < 1.29 is 13.2 Å². The zero-order valence-corrected chi connectivity index (χ0v) is 12.1. The van der Waals surface area contributed by atoms with Crippen molar-refractivity contribution in [1.82, 2.24) is 10.3 Å². The Morgan fingerprint density at radius 1 is 1.35 bits per heavy atom. The zero-order valence-electron chi connectivity index (χ0n) is 10.5. The van der Waals surface area contributed by atoms with Gasteiger partial charge in [0.1, 0.15) is 0 Å². The van der Waals surface area contributed by atoms with Gasteiger partial charge in [-0.05, 0) is 18.2 Å². The molecule has 0 radical (unpaired) electrons. The van der Waals surface area contributed by atoms with Crippen molar-refractivity contribution in [2.24, 2.45) is 0 Å². The van der Waals surface area contributed by atoms with Crippen LogP contribution < -0.4 is 5.32 Å². The molecule has 7 heteroatoms. The number of halogens is 4. The molecule has 0 spiro atoms. The number of rotatable bonds is 4. The van der Waals surface area contributed by atoms with Crippen LogP contribution in [0.3, 0.4) is 0 Å². The molecule has 0 amide bonds. The number of benzene rings is 1. The van der Waals surface area contributed by atoms with E-state index in [9.17, 15) is 13.2 Å². The summed E-state index contributed by atoms with van der Waals surface area (Å²) in [7, 11) is 0. The summed E-state index contributed by atoms with van der Waals surface area (Å²) in [5, 5.41) is 2.81. The fourth-order valence-electron chi connectivity index (χ4n) is 1.83. The largest absolute Gasteiger partial charge is 0.443 e. The van der Waals surface area contributed by atoms with Gasteiger partial charge in [0, 0.05) is 16.1 Å². The van der Waals surface area contributed by atoms with Gasteiger partial charge in [-0.15, -0.1) is 11.3 Å². The molecule has 2 aromatic rings. The Morgan fingerprint density at radius 3 is 2.60 bits per heavy atom. The van der Waals surface area contributed by atoms with Crippen LogP contribution in [0.4, 0.5) is 13.2 Å². The third-order valence-electron chi connectivity index (χ3n) is 2.68. The predicted molar refractivity (Wildman–Crippen MR) is 74.1 cm³/mol. The maximum atomic E-state index is 12.6. The highest BCUT2D eigenvalue weighted by molar-refractivity contribution is 7.11. The molecule has 1 aromatic carbocycles. The summed E-state index contributed by atoms with van der Waals surface area (Å²) in [5.74, 6) is 0. The maximum absolute atomic E-state index is 12.6. The minimum atomic E-state index is -4.42. The Bertz CT molecular complexity index is 583. The molecule has 2 rings (SSSR count). The molecule has 20 heavy (non-hydrogen) atoms. The van der Waals surface area contributed by atoms with Crippen molar-refractivity contribution in [2.75, 3.05) is 6.54 Å². The first-order chi connectivity index (χ1) is 9.43. The first kappa shape index (κ1) is 15.3. The van der Waals surface area contributed by atoms with Gasteiger partial charge in [-0.1, -0.05) is 36.7 Å². The normalized spacial score (nSPS) is 13.4. The molecule has 0 bridgehead atoms. The van der Waals surface area contributed by atoms with Crippen LogP contribution in [0.15, 0.2) is 30.5 Å². The highest BCUT2D eigenvalue weighted by Gasteiger charge is 2.35. The van der Waals surface area contributed by atoms with Crippen molar-refractivity contribution in [2.45, 2.75) is 19.1 Å². The number of nitrogens with zero attached hydrogens (tertiary/aromatic N) is 1. The van der Waals surface area contributed by atoms with Gasteiger partial charge in [-0.2, -0.15) is 13.2 Å². The summed E-state index contributed by atoms with van der Waals surface area (Å²) in [4.78, 5) is 3.95. The van der Waals surface area contributed by atoms with E-state index in [4.69, 9.17) is 11.6 Å². The summed E-state index contributed by atoms with van der Waals surface area (Å²) in [6.07, 6.45) is -3.16. The third-order valence-corrected chi connectivity index (χ3v) is 4.13. The van der Waals surface area contributed by atoms with Crippen LogP contribution in [0.25, 0.3) is 0 Å².